The highest BCUT2D eigenvalue weighted by atomic mass is 32.2. The average molecular weight is 449 g/mol. The van der Waals surface area contributed by atoms with Gasteiger partial charge in [-0.1, -0.05) is 12.1 Å². The predicted molar refractivity (Wildman–Crippen MR) is 117 cm³/mol. The third kappa shape index (κ3) is 6.27. The van der Waals surface area contributed by atoms with Gasteiger partial charge in [0.05, 0.1) is 26.4 Å². The van der Waals surface area contributed by atoms with E-state index in [0.717, 1.165) is 31.4 Å². The highest BCUT2D eigenvalue weighted by molar-refractivity contribution is 7.89. The van der Waals surface area contributed by atoms with Gasteiger partial charge in [0.2, 0.25) is 10.0 Å². The fourth-order valence-corrected chi connectivity index (χ4v) is 4.25. The highest BCUT2D eigenvalue weighted by Crippen LogP contribution is 2.25. The second-order valence-electron chi connectivity index (χ2n) is 7.23. The Labute approximate surface area is 182 Å². The molecule has 1 unspecified atom stereocenters. The summed E-state index contributed by atoms with van der Waals surface area (Å²) in [4.78, 5) is 12.6. The van der Waals surface area contributed by atoms with Crippen LogP contribution in [0.25, 0.3) is 0 Å². The molecule has 0 aromatic heterocycles. The van der Waals surface area contributed by atoms with E-state index in [-0.39, 0.29) is 22.3 Å². The van der Waals surface area contributed by atoms with E-state index in [4.69, 9.17) is 14.2 Å². The fourth-order valence-electron chi connectivity index (χ4n) is 3.33. The molecule has 8 nitrogen and oxygen atoms in total. The summed E-state index contributed by atoms with van der Waals surface area (Å²) < 4.78 is 43.2. The van der Waals surface area contributed by atoms with Gasteiger partial charge >= 0.3 is 0 Å². The molecule has 2 aromatic carbocycles. The normalized spacial score (nSPS) is 16.6. The van der Waals surface area contributed by atoms with Gasteiger partial charge in [0.1, 0.15) is 10.6 Å². The summed E-state index contributed by atoms with van der Waals surface area (Å²) in [6, 6.07) is 11.6. The lowest BCUT2D eigenvalue weighted by Gasteiger charge is -2.22. The van der Waals surface area contributed by atoms with E-state index in [1.165, 1.54) is 32.4 Å². The van der Waals surface area contributed by atoms with Crippen molar-refractivity contribution in [2.24, 2.45) is 0 Å². The van der Waals surface area contributed by atoms with Crippen molar-refractivity contribution in [3.8, 4) is 5.75 Å². The third-order valence-electron chi connectivity index (χ3n) is 5.02. The Hall–Kier alpha value is -2.46. The molecule has 1 fully saturated rings. The van der Waals surface area contributed by atoms with Crippen molar-refractivity contribution in [1.82, 2.24) is 4.72 Å². The molecule has 0 aliphatic carbocycles. The first-order valence-electron chi connectivity index (χ1n) is 10.1. The van der Waals surface area contributed by atoms with Crippen LogP contribution >= 0.6 is 0 Å². The van der Waals surface area contributed by atoms with E-state index < -0.39 is 15.9 Å². The Morgan fingerprint density at radius 1 is 1.19 bits per heavy atom. The van der Waals surface area contributed by atoms with Gasteiger partial charge in [-0.3, -0.25) is 4.79 Å². The van der Waals surface area contributed by atoms with E-state index >= 15 is 0 Å². The maximum Gasteiger partial charge on any atom is 0.255 e. The second kappa shape index (κ2) is 10.7. The lowest BCUT2D eigenvalue weighted by molar-refractivity contribution is -0.0447. The van der Waals surface area contributed by atoms with Gasteiger partial charge in [-0.15, -0.1) is 0 Å². The smallest absolute Gasteiger partial charge is 0.255 e. The van der Waals surface area contributed by atoms with Gasteiger partial charge < -0.3 is 19.5 Å². The van der Waals surface area contributed by atoms with Crippen LogP contribution in [0.3, 0.4) is 0 Å². The average Bonchev–Trinajstić information content (AvgIpc) is 2.79. The number of carbonyl (C=O) groups is 1. The van der Waals surface area contributed by atoms with Crippen LogP contribution in [0.15, 0.2) is 47.4 Å². The minimum absolute atomic E-state index is 0.0998. The summed E-state index contributed by atoms with van der Waals surface area (Å²) in [6.45, 7) is 1.75. The maximum atomic E-state index is 12.7. The Kier molecular flexibility index (Phi) is 8.03. The van der Waals surface area contributed by atoms with E-state index in [0.29, 0.717) is 18.9 Å². The van der Waals surface area contributed by atoms with Crippen molar-refractivity contribution in [2.75, 3.05) is 32.7 Å². The zero-order valence-electron chi connectivity index (χ0n) is 17.7. The third-order valence-corrected chi connectivity index (χ3v) is 6.45. The Bertz CT molecular complexity index is 1000. The summed E-state index contributed by atoms with van der Waals surface area (Å²) >= 11 is 0. The molecule has 1 heterocycles. The van der Waals surface area contributed by atoms with Crippen molar-refractivity contribution in [2.45, 2.75) is 36.9 Å². The second-order valence-corrected chi connectivity index (χ2v) is 9.09. The topological polar surface area (TPSA) is 103 Å². The fraction of sp³-hybridized carbons (Fsp3) is 0.409. The Balaban J connectivity index is 1.65. The molecule has 1 aliphatic heterocycles. The van der Waals surface area contributed by atoms with E-state index in [1.54, 1.807) is 6.07 Å². The molecular weight excluding hydrogens is 420 g/mol. The minimum Gasteiger partial charge on any atom is -0.495 e. The molecule has 1 amide bonds. The molecule has 0 saturated carbocycles. The minimum atomic E-state index is -3.78. The van der Waals surface area contributed by atoms with Gasteiger partial charge in [0.25, 0.3) is 5.91 Å². The molecular formula is C22H28N2O6S. The van der Waals surface area contributed by atoms with Crippen LogP contribution in [0.4, 0.5) is 5.69 Å². The van der Waals surface area contributed by atoms with Crippen LogP contribution in [0.5, 0.6) is 5.75 Å². The van der Waals surface area contributed by atoms with Crippen molar-refractivity contribution >= 4 is 21.6 Å². The number of sulfonamides is 1. The van der Waals surface area contributed by atoms with Crippen LogP contribution in [0.1, 0.15) is 35.2 Å². The van der Waals surface area contributed by atoms with Crippen LogP contribution in [0.2, 0.25) is 0 Å². The van der Waals surface area contributed by atoms with Gasteiger partial charge in [-0.2, -0.15) is 0 Å². The Morgan fingerprint density at radius 2 is 2.03 bits per heavy atom. The molecule has 2 N–H and O–H groups in total. The molecule has 3 rings (SSSR count). The molecule has 168 valence electrons. The molecule has 9 heteroatoms. The molecule has 1 aliphatic rings. The predicted octanol–water partition coefficient (Wildman–Crippen LogP) is 2.94. The molecule has 1 atom stereocenters. The summed E-state index contributed by atoms with van der Waals surface area (Å²) in [5, 5.41) is 2.80. The van der Waals surface area contributed by atoms with Crippen molar-refractivity contribution in [3.63, 3.8) is 0 Å². The zero-order chi connectivity index (χ0) is 22.3. The van der Waals surface area contributed by atoms with Gasteiger partial charge in [-0.25, -0.2) is 13.1 Å². The number of rotatable bonds is 9. The van der Waals surface area contributed by atoms with Crippen molar-refractivity contribution in [3.05, 3.63) is 53.6 Å². The van der Waals surface area contributed by atoms with Gasteiger partial charge in [0.15, 0.2) is 0 Å². The first-order chi connectivity index (χ1) is 14.9. The van der Waals surface area contributed by atoms with Gasteiger partial charge in [-0.05, 0) is 62.2 Å². The van der Waals surface area contributed by atoms with Crippen LogP contribution in [-0.2, 0) is 26.1 Å². The number of hydrogen-bond donors (Lipinski definition) is 2. The molecule has 0 bridgehead atoms. The number of ether oxygens (including phenoxy) is 3. The van der Waals surface area contributed by atoms with Crippen LogP contribution in [0, 0.1) is 0 Å². The molecule has 31 heavy (non-hydrogen) atoms. The highest BCUT2D eigenvalue weighted by Gasteiger charge is 2.20. The van der Waals surface area contributed by atoms with Gasteiger partial charge in [0, 0.05) is 17.9 Å². The number of benzene rings is 2. The van der Waals surface area contributed by atoms with E-state index in [2.05, 4.69) is 10.0 Å². The summed E-state index contributed by atoms with van der Waals surface area (Å²) in [6.07, 6.45) is 3.44. The SMILES string of the molecule is CNS(=O)(=O)c1cc(C(=O)Nc2cccc(COCC3CCCCO3)c2)ccc1OC. The summed E-state index contributed by atoms with van der Waals surface area (Å²) in [7, 11) is -1.10. The first-order valence-corrected chi connectivity index (χ1v) is 11.6. The lowest BCUT2D eigenvalue weighted by Crippen LogP contribution is -2.24. The summed E-state index contributed by atoms with van der Waals surface area (Å²) in [5.74, 6) is -0.268. The largest absolute Gasteiger partial charge is 0.495 e. The number of anilines is 1. The van der Waals surface area contributed by atoms with Crippen LogP contribution < -0.4 is 14.8 Å². The first kappa shape index (κ1) is 23.2. The number of methoxy groups -OCH3 is 1. The quantitative estimate of drug-likeness (QED) is 0.611. The summed E-state index contributed by atoms with van der Waals surface area (Å²) in [5.41, 5.74) is 1.71. The Morgan fingerprint density at radius 3 is 2.74 bits per heavy atom. The zero-order valence-corrected chi connectivity index (χ0v) is 18.5. The monoisotopic (exact) mass is 448 g/mol. The van der Waals surface area contributed by atoms with Crippen molar-refractivity contribution < 1.29 is 27.4 Å². The van der Waals surface area contributed by atoms with E-state index in [1.807, 2.05) is 18.2 Å². The maximum absolute atomic E-state index is 12.7. The number of nitrogens with one attached hydrogen (secondary N) is 2. The number of hydrogen-bond acceptors (Lipinski definition) is 6. The molecule has 0 spiro atoms. The number of amides is 1. The molecule has 1 saturated heterocycles. The number of carbonyl (C=O) groups excluding carboxylic acids is 1. The van der Waals surface area contributed by atoms with Crippen LogP contribution in [-0.4, -0.2) is 47.8 Å². The molecule has 2 aromatic rings. The lowest BCUT2D eigenvalue weighted by atomic mass is 10.1. The van der Waals surface area contributed by atoms with Crippen molar-refractivity contribution in [1.29, 1.82) is 0 Å². The van der Waals surface area contributed by atoms with E-state index in [9.17, 15) is 13.2 Å². The molecule has 0 radical (unpaired) electrons. The standard InChI is InChI=1S/C22H28N2O6S/c1-23-31(26,27)21-13-17(9-10-20(21)28-2)22(25)24-18-7-5-6-16(12-18)14-29-15-19-8-3-4-11-30-19/h5-7,9-10,12-13,19,23H,3-4,8,11,14-15H2,1-2H3,(H,24,25).